The monoisotopic (exact) mass is 397 g/mol. The first-order valence-corrected chi connectivity index (χ1v) is 7.68. The number of hydrogen-bond donors (Lipinski definition) is 1. The van der Waals surface area contributed by atoms with Crippen LogP contribution in [0.3, 0.4) is 0 Å². The molecule has 2 rings (SSSR count). The van der Waals surface area contributed by atoms with Gasteiger partial charge in [-0.15, -0.1) is 0 Å². The molecule has 0 aliphatic heterocycles. The van der Waals surface area contributed by atoms with Crippen molar-refractivity contribution in [2.24, 2.45) is 5.73 Å². The SMILES string of the molecule is CC(C)(C)c1c(C(N)=O)cc(I)cc1-c1ccc(F)cc1. The Morgan fingerprint density at radius 3 is 2.19 bits per heavy atom. The van der Waals surface area contributed by atoms with E-state index in [2.05, 4.69) is 22.6 Å². The Morgan fingerprint density at radius 2 is 1.71 bits per heavy atom. The number of carbonyl (C=O) groups excluding carboxylic acids is 1. The minimum absolute atomic E-state index is 0.252. The highest BCUT2D eigenvalue weighted by Gasteiger charge is 2.25. The van der Waals surface area contributed by atoms with E-state index in [1.54, 1.807) is 18.2 Å². The van der Waals surface area contributed by atoms with Gasteiger partial charge in [-0.05, 0) is 69.0 Å². The van der Waals surface area contributed by atoms with Gasteiger partial charge < -0.3 is 5.73 Å². The van der Waals surface area contributed by atoms with Crippen molar-refractivity contribution < 1.29 is 9.18 Å². The third kappa shape index (κ3) is 3.43. The molecule has 4 heteroatoms. The molecule has 0 aromatic heterocycles. The summed E-state index contributed by atoms with van der Waals surface area (Å²) < 4.78 is 14.1. The van der Waals surface area contributed by atoms with Gasteiger partial charge in [0.25, 0.3) is 0 Å². The van der Waals surface area contributed by atoms with E-state index < -0.39 is 5.91 Å². The van der Waals surface area contributed by atoms with Gasteiger partial charge in [-0.25, -0.2) is 4.39 Å². The molecule has 0 atom stereocenters. The van der Waals surface area contributed by atoms with Crippen LogP contribution in [0.25, 0.3) is 11.1 Å². The van der Waals surface area contributed by atoms with Crippen LogP contribution in [0.4, 0.5) is 4.39 Å². The Kier molecular flexibility index (Phi) is 4.37. The van der Waals surface area contributed by atoms with E-state index in [4.69, 9.17) is 5.73 Å². The van der Waals surface area contributed by atoms with Gasteiger partial charge in [0.1, 0.15) is 5.82 Å². The Balaban J connectivity index is 2.81. The maximum absolute atomic E-state index is 13.1. The van der Waals surface area contributed by atoms with Gasteiger partial charge in [0.05, 0.1) is 0 Å². The first-order valence-electron chi connectivity index (χ1n) is 6.60. The van der Waals surface area contributed by atoms with Gasteiger partial charge in [0.15, 0.2) is 0 Å². The second kappa shape index (κ2) is 5.75. The highest BCUT2D eigenvalue weighted by atomic mass is 127. The van der Waals surface area contributed by atoms with Crippen LogP contribution in [0, 0.1) is 9.39 Å². The quantitative estimate of drug-likeness (QED) is 0.746. The summed E-state index contributed by atoms with van der Waals surface area (Å²) in [6.45, 7) is 6.11. The molecule has 2 aromatic carbocycles. The van der Waals surface area contributed by atoms with E-state index in [-0.39, 0.29) is 11.2 Å². The average molecular weight is 397 g/mol. The van der Waals surface area contributed by atoms with Gasteiger partial charge in [0.2, 0.25) is 5.91 Å². The average Bonchev–Trinajstić information content (AvgIpc) is 2.37. The van der Waals surface area contributed by atoms with E-state index in [1.165, 1.54) is 12.1 Å². The van der Waals surface area contributed by atoms with Crippen LogP contribution in [-0.2, 0) is 5.41 Å². The Morgan fingerprint density at radius 1 is 1.14 bits per heavy atom. The van der Waals surface area contributed by atoms with Crippen LogP contribution >= 0.6 is 22.6 Å². The molecule has 0 spiro atoms. The van der Waals surface area contributed by atoms with Crippen molar-refractivity contribution in [2.45, 2.75) is 26.2 Å². The molecule has 0 saturated heterocycles. The molecule has 2 aromatic rings. The van der Waals surface area contributed by atoms with Crippen LogP contribution in [0.15, 0.2) is 36.4 Å². The molecular formula is C17H17FINO. The summed E-state index contributed by atoms with van der Waals surface area (Å²) in [6.07, 6.45) is 0. The molecule has 0 heterocycles. The molecule has 2 N–H and O–H groups in total. The highest BCUT2D eigenvalue weighted by Crippen LogP contribution is 2.37. The molecule has 0 fully saturated rings. The fourth-order valence-electron chi connectivity index (χ4n) is 2.47. The van der Waals surface area contributed by atoms with Crippen molar-refractivity contribution in [3.05, 3.63) is 56.9 Å². The minimum atomic E-state index is -0.443. The maximum Gasteiger partial charge on any atom is 0.249 e. The molecule has 0 bridgehead atoms. The summed E-state index contributed by atoms with van der Waals surface area (Å²) in [5.74, 6) is -0.724. The van der Waals surface area contributed by atoms with Crippen molar-refractivity contribution in [3.8, 4) is 11.1 Å². The van der Waals surface area contributed by atoms with E-state index in [1.807, 2.05) is 26.8 Å². The fraction of sp³-hybridized carbons (Fsp3) is 0.235. The summed E-state index contributed by atoms with van der Waals surface area (Å²) in [7, 11) is 0. The van der Waals surface area contributed by atoms with Crippen LogP contribution < -0.4 is 5.73 Å². The van der Waals surface area contributed by atoms with E-state index >= 15 is 0 Å². The Bertz CT molecular complexity index is 687. The molecule has 0 unspecified atom stereocenters. The van der Waals surface area contributed by atoms with Crippen molar-refractivity contribution in [1.82, 2.24) is 0 Å². The first kappa shape index (κ1) is 15.9. The predicted octanol–water partition coefficient (Wildman–Crippen LogP) is 4.49. The second-order valence-electron chi connectivity index (χ2n) is 6.00. The topological polar surface area (TPSA) is 43.1 Å². The molecule has 21 heavy (non-hydrogen) atoms. The lowest BCUT2D eigenvalue weighted by Gasteiger charge is -2.26. The molecule has 110 valence electrons. The molecule has 2 nitrogen and oxygen atoms in total. The lowest BCUT2D eigenvalue weighted by molar-refractivity contribution is 0.0998. The third-order valence-electron chi connectivity index (χ3n) is 3.27. The molecular weight excluding hydrogens is 380 g/mol. The molecule has 0 saturated carbocycles. The van der Waals surface area contributed by atoms with Crippen LogP contribution in [0.2, 0.25) is 0 Å². The molecule has 0 radical (unpaired) electrons. The summed E-state index contributed by atoms with van der Waals surface area (Å²) in [4.78, 5) is 11.8. The number of primary amides is 1. The number of carbonyl (C=O) groups is 1. The maximum atomic E-state index is 13.1. The highest BCUT2D eigenvalue weighted by molar-refractivity contribution is 14.1. The molecule has 1 amide bonds. The van der Waals surface area contributed by atoms with Crippen molar-refractivity contribution in [3.63, 3.8) is 0 Å². The van der Waals surface area contributed by atoms with Crippen LogP contribution in [0.5, 0.6) is 0 Å². The lowest BCUT2D eigenvalue weighted by Crippen LogP contribution is -2.22. The van der Waals surface area contributed by atoms with Gasteiger partial charge in [-0.3, -0.25) is 4.79 Å². The fourth-order valence-corrected chi connectivity index (χ4v) is 3.09. The van der Waals surface area contributed by atoms with Gasteiger partial charge >= 0.3 is 0 Å². The predicted molar refractivity (Wildman–Crippen MR) is 91.8 cm³/mol. The lowest BCUT2D eigenvalue weighted by atomic mass is 9.78. The van der Waals surface area contributed by atoms with Crippen LogP contribution in [-0.4, -0.2) is 5.91 Å². The third-order valence-corrected chi connectivity index (χ3v) is 3.90. The van der Waals surface area contributed by atoms with Crippen molar-refractivity contribution in [1.29, 1.82) is 0 Å². The second-order valence-corrected chi connectivity index (χ2v) is 7.24. The zero-order valence-electron chi connectivity index (χ0n) is 12.2. The van der Waals surface area contributed by atoms with E-state index in [9.17, 15) is 9.18 Å². The summed E-state index contributed by atoms with van der Waals surface area (Å²) in [5.41, 5.74) is 8.51. The number of benzene rings is 2. The molecule has 0 aliphatic rings. The normalized spacial score (nSPS) is 11.5. The van der Waals surface area contributed by atoms with Gasteiger partial charge in [0, 0.05) is 9.13 Å². The summed E-state index contributed by atoms with van der Waals surface area (Å²) >= 11 is 2.16. The van der Waals surface area contributed by atoms with Crippen molar-refractivity contribution in [2.75, 3.05) is 0 Å². The van der Waals surface area contributed by atoms with E-state index in [0.29, 0.717) is 5.56 Å². The number of amides is 1. The number of nitrogens with two attached hydrogens (primary N) is 1. The number of hydrogen-bond acceptors (Lipinski definition) is 1. The molecule has 0 aliphatic carbocycles. The Labute approximate surface area is 137 Å². The number of halogens is 2. The zero-order valence-corrected chi connectivity index (χ0v) is 14.4. The summed E-state index contributed by atoms with van der Waals surface area (Å²) in [6, 6.07) is 10.1. The smallest absolute Gasteiger partial charge is 0.249 e. The van der Waals surface area contributed by atoms with E-state index in [0.717, 1.165) is 20.3 Å². The Hall–Kier alpha value is -1.43. The minimum Gasteiger partial charge on any atom is -0.366 e. The zero-order chi connectivity index (χ0) is 15.8. The van der Waals surface area contributed by atoms with Gasteiger partial charge in [-0.2, -0.15) is 0 Å². The van der Waals surface area contributed by atoms with Crippen LogP contribution in [0.1, 0.15) is 36.7 Å². The largest absolute Gasteiger partial charge is 0.366 e. The number of rotatable bonds is 2. The first-order chi connectivity index (χ1) is 9.70. The standard InChI is InChI=1S/C17H17FINO/c1-17(2,3)15-13(10-4-6-11(18)7-5-10)8-12(19)9-14(15)16(20)21/h4-9H,1-3H3,(H2,20,21). The van der Waals surface area contributed by atoms with Crippen molar-refractivity contribution >= 4 is 28.5 Å². The summed E-state index contributed by atoms with van der Waals surface area (Å²) in [5, 5.41) is 0. The van der Waals surface area contributed by atoms with Gasteiger partial charge in [-0.1, -0.05) is 32.9 Å².